The maximum Gasteiger partial charge on any atom is 0.269 e. The van der Waals surface area contributed by atoms with Crippen LogP contribution in [0, 0.1) is 10.1 Å². The van der Waals surface area contributed by atoms with Crippen molar-refractivity contribution < 1.29 is 14.5 Å². The van der Waals surface area contributed by atoms with Gasteiger partial charge in [-0.1, -0.05) is 30.3 Å². The fourth-order valence-corrected chi connectivity index (χ4v) is 2.34. The van der Waals surface area contributed by atoms with Gasteiger partial charge in [-0.3, -0.25) is 19.7 Å². The summed E-state index contributed by atoms with van der Waals surface area (Å²) in [6.07, 6.45) is -0.115. The molecule has 27 heavy (non-hydrogen) atoms. The molecule has 0 spiro atoms. The molecule has 8 nitrogen and oxygen atoms in total. The van der Waals surface area contributed by atoms with Crippen LogP contribution in [0.15, 0.2) is 59.7 Å². The quantitative estimate of drug-likeness (QED) is 0.444. The summed E-state index contributed by atoms with van der Waals surface area (Å²) in [6, 6.07) is 13.6. The van der Waals surface area contributed by atoms with Gasteiger partial charge in [0.1, 0.15) is 0 Å². The molecular weight excluding hydrogens is 348 g/mol. The van der Waals surface area contributed by atoms with E-state index in [2.05, 4.69) is 15.8 Å². The summed E-state index contributed by atoms with van der Waals surface area (Å²) in [6.45, 7) is 3.46. The fourth-order valence-electron chi connectivity index (χ4n) is 2.34. The molecule has 2 amide bonds. The number of benzene rings is 2. The minimum Gasteiger partial charge on any atom is -0.345 e. The Morgan fingerprint density at radius 1 is 1.11 bits per heavy atom. The molecule has 0 bridgehead atoms. The van der Waals surface area contributed by atoms with E-state index in [0.29, 0.717) is 16.8 Å². The highest BCUT2D eigenvalue weighted by Gasteiger charge is 2.21. The van der Waals surface area contributed by atoms with Gasteiger partial charge in [-0.25, -0.2) is 5.43 Å². The van der Waals surface area contributed by atoms with Crippen molar-refractivity contribution >= 4 is 23.2 Å². The molecule has 0 heterocycles. The number of nitrogens with zero attached hydrogens (tertiary/aromatic N) is 2. The van der Waals surface area contributed by atoms with Gasteiger partial charge in [0.15, 0.2) is 0 Å². The lowest BCUT2D eigenvalue weighted by Gasteiger charge is -2.18. The molecule has 2 N–H and O–H groups in total. The molecule has 0 aliphatic rings. The highest BCUT2D eigenvalue weighted by molar-refractivity contribution is 5.94. The van der Waals surface area contributed by atoms with E-state index < -0.39 is 16.9 Å². The number of nitrogens with one attached hydrogen (secondary N) is 2. The van der Waals surface area contributed by atoms with Gasteiger partial charge in [0.05, 0.1) is 17.4 Å². The van der Waals surface area contributed by atoms with Crippen molar-refractivity contribution in [2.24, 2.45) is 5.10 Å². The second-order valence-electron chi connectivity index (χ2n) is 6.04. The molecule has 0 saturated carbocycles. The largest absolute Gasteiger partial charge is 0.345 e. The normalized spacial score (nSPS) is 11.2. The van der Waals surface area contributed by atoms with Crippen LogP contribution in [-0.2, 0) is 4.79 Å². The third kappa shape index (κ3) is 6.03. The van der Waals surface area contributed by atoms with Crippen LogP contribution in [0.3, 0.4) is 0 Å². The highest BCUT2D eigenvalue weighted by Crippen LogP contribution is 2.22. The van der Waals surface area contributed by atoms with Gasteiger partial charge in [-0.05, 0) is 31.5 Å². The Labute approximate surface area is 156 Å². The summed E-state index contributed by atoms with van der Waals surface area (Å²) < 4.78 is 0. The maximum atomic E-state index is 12.5. The minimum atomic E-state index is -0.745. The van der Waals surface area contributed by atoms with Crippen LogP contribution in [0.25, 0.3) is 0 Å². The van der Waals surface area contributed by atoms with Crippen LogP contribution in [0.1, 0.15) is 42.2 Å². The van der Waals surface area contributed by atoms with E-state index in [1.807, 2.05) is 0 Å². The van der Waals surface area contributed by atoms with E-state index in [4.69, 9.17) is 0 Å². The molecule has 2 aromatic carbocycles. The Morgan fingerprint density at radius 2 is 1.81 bits per heavy atom. The average molecular weight is 368 g/mol. The molecule has 140 valence electrons. The Morgan fingerprint density at radius 3 is 2.44 bits per heavy atom. The van der Waals surface area contributed by atoms with E-state index in [9.17, 15) is 19.7 Å². The minimum absolute atomic E-state index is 0.115. The zero-order chi connectivity index (χ0) is 19.8. The van der Waals surface area contributed by atoms with Gasteiger partial charge in [-0.2, -0.15) is 5.10 Å². The van der Waals surface area contributed by atoms with Crippen molar-refractivity contribution in [2.45, 2.75) is 26.3 Å². The molecule has 0 aromatic heterocycles. The molecule has 0 fully saturated rings. The van der Waals surface area contributed by atoms with Gasteiger partial charge in [0.25, 0.3) is 11.6 Å². The number of hydrogen-bond acceptors (Lipinski definition) is 5. The first-order valence-corrected chi connectivity index (χ1v) is 8.27. The van der Waals surface area contributed by atoms with Gasteiger partial charge in [0.2, 0.25) is 5.91 Å². The molecule has 0 radical (unpaired) electrons. The first-order chi connectivity index (χ1) is 12.9. The number of rotatable bonds is 7. The number of nitro groups is 1. The Bertz CT molecular complexity index is 861. The molecule has 0 aliphatic heterocycles. The van der Waals surface area contributed by atoms with Crippen LogP contribution in [0.4, 0.5) is 5.69 Å². The van der Waals surface area contributed by atoms with E-state index >= 15 is 0 Å². The van der Waals surface area contributed by atoms with Crippen LogP contribution in [0.2, 0.25) is 0 Å². The Balaban J connectivity index is 2.26. The lowest BCUT2D eigenvalue weighted by atomic mass is 10.0. The number of amides is 2. The molecule has 0 aliphatic carbocycles. The summed E-state index contributed by atoms with van der Waals surface area (Å²) in [5, 5.41) is 17.7. The Hall–Kier alpha value is -3.55. The van der Waals surface area contributed by atoms with Crippen molar-refractivity contribution in [3.05, 3.63) is 75.8 Å². The zero-order valence-electron chi connectivity index (χ0n) is 15.0. The zero-order valence-corrected chi connectivity index (χ0v) is 15.0. The fraction of sp³-hybridized carbons (Fsp3) is 0.211. The number of carbonyl (C=O) groups excluding carboxylic acids is 2. The summed E-state index contributed by atoms with van der Waals surface area (Å²) in [5.41, 5.74) is 3.84. The van der Waals surface area contributed by atoms with E-state index in [-0.39, 0.29) is 18.0 Å². The summed E-state index contributed by atoms with van der Waals surface area (Å²) in [7, 11) is 0. The van der Waals surface area contributed by atoms with Crippen molar-refractivity contribution in [1.29, 1.82) is 0 Å². The van der Waals surface area contributed by atoms with E-state index in [1.54, 1.807) is 50.2 Å². The first kappa shape index (κ1) is 19.8. The molecule has 0 saturated heterocycles. The number of nitro benzene ring substituents is 1. The summed E-state index contributed by atoms with van der Waals surface area (Å²) in [4.78, 5) is 35.2. The lowest BCUT2D eigenvalue weighted by molar-refractivity contribution is -0.384. The second-order valence-corrected chi connectivity index (χ2v) is 6.04. The molecule has 1 unspecified atom stereocenters. The summed E-state index contributed by atoms with van der Waals surface area (Å²) >= 11 is 0. The van der Waals surface area contributed by atoms with Crippen molar-refractivity contribution in [1.82, 2.24) is 10.7 Å². The van der Waals surface area contributed by atoms with Crippen LogP contribution in [0.5, 0.6) is 0 Å². The number of carbonyl (C=O) groups is 2. The summed E-state index contributed by atoms with van der Waals surface area (Å²) in [5.74, 6) is -0.795. The Kier molecular flexibility index (Phi) is 6.76. The van der Waals surface area contributed by atoms with Crippen LogP contribution >= 0.6 is 0 Å². The highest BCUT2D eigenvalue weighted by atomic mass is 16.6. The van der Waals surface area contributed by atoms with Gasteiger partial charge in [0, 0.05) is 23.4 Å². The molecule has 2 aromatic rings. The van der Waals surface area contributed by atoms with Gasteiger partial charge < -0.3 is 5.32 Å². The van der Waals surface area contributed by atoms with Crippen molar-refractivity contribution in [2.75, 3.05) is 0 Å². The number of hydrazone groups is 1. The second kappa shape index (κ2) is 9.23. The number of hydrogen-bond donors (Lipinski definition) is 2. The molecular formula is C19H20N4O4. The van der Waals surface area contributed by atoms with Crippen molar-refractivity contribution in [3.63, 3.8) is 0 Å². The first-order valence-electron chi connectivity index (χ1n) is 8.27. The molecule has 2 rings (SSSR count). The number of non-ortho nitro benzene ring substituents is 1. The lowest BCUT2D eigenvalue weighted by Crippen LogP contribution is -2.32. The molecule has 8 heteroatoms. The smallest absolute Gasteiger partial charge is 0.269 e. The third-order valence-corrected chi connectivity index (χ3v) is 3.62. The monoisotopic (exact) mass is 368 g/mol. The van der Waals surface area contributed by atoms with E-state index in [0.717, 1.165) is 0 Å². The topological polar surface area (TPSA) is 114 Å². The SMILES string of the molecule is CC(C)=NNC(=O)CC(NC(=O)c1ccccc1)c1cccc([N+](=O)[O-])c1. The predicted octanol–water partition coefficient (Wildman–Crippen LogP) is 2.97. The maximum absolute atomic E-state index is 12.5. The standard InChI is InChI=1S/C19H20N4O4/c1-13(2)21-22-18(24)12-17(15-9-6-10-16(11-15)23(26)27)20-19(25)14-7-4-3-5-8-14/h3-11,17H,12H2,1-2H3,(H,20,25)(H,22,24). The van der Waals surface area contributed by atoms with Crippen molar-refractivity contribution in [3.8, 4) is 0 Å². The van der Waals surface area contributed by atoms with Gasteiger partial charge in [-0.15, -0.1) is 0 Å². The van der Waals surface area contributed by atoms with E-state index in [1.165, 1.54) is 18.2 Å². The predicted molar refractivity (Wildman–Crippen MR) is 101 cm³/mol. The van der Waals surface area contributed by atoms with Crippen LogP contribution in [-0.4, -0.2) is 22.4 Å². The van der Waals surface area contributed by atoms with Crippen LogP contribution < -0.4 is 10.7 Å². The van der Waals surface area contributed by atoms with Gasteiger partial charge >= 0.3 is 0 Å². The average Bonchev–Trinajstić information content (AvgIpc) is 2.66. The molecule has 1 atom stereocenters. The third-order valence-electron chi connectivity index (χ3n) is 3.62.